The van der Waals surface area contributed by atoms with Gasteiger partial charge in [-0.1, -0.05) is 41.9 Å². The van der Waals surface area contributed by atoms with E-state index < -0.39 is 29.8 Å². The van der Waals surface area contributed by atoms with E-state index >= 15 is 0 Å². The van der Waals surface area contributed by atoms with Crippen molar-refractivity contribution in [3.8, 4) is 0 Å². The Hall–Kier alpha value is -4.44. The summed E-state index contributed by atoms with van der Waals surface area (Å²) < 4.78 is 20.1. The number of nitrogens with zero attached hydrogens (tertiary/aromatic N) is 2. The van der Waals surface area contributed by atoms with Gasteiger partial charge in [-0.15, -0.1) is 11.3 Å². The zero-order valence-electron chi connectivity index (χ0n) is 22.9. The number of fused-ring (bicyclic) bond motifs is 1. The molecule has 0 radical (unpaired) electrons. The van der Waals surface area contributed by atoms with Gasteiger partial charge in [0.15, 0.2) is 18.0 Å². The molecule has 7 nitrogen and oxygen atoms in total. The molecule has 1 saturated heterocycles. The Morgan fingerprint density at radius 3 is 2.44 bits per heavy atom. The van der Waals surface area contributed by atoms with Crippen molar-refractivity contribution in [2.24, 2.45) is 0 Å². The van der Waals surface area contributed by atoms with Crippen molar-refractivity contribution in [3.05, 3.63) is 124 Å². The van der Waals surface area contributed by atoms with Crippen molar-refractivity contribution in [1.29, 1.82) is 0 Å². The Balaban J connectivity index is 1.19. The number of amides is 2. The molecule has 0 bridgehead atoms. The van der Waals surface area contributed by atoms with Crippen LogP contribution in [0, 0.1) is 12.7 Å². The minimum atomic E-state index is -1.000. The number of rotatable bonds is 9. The SMILES string of the molecule is Cc1c(Cl)cccc1NC(=O)[C@H]1O[C@@H]1C(=O)N(Cc1ccc(F)cc1)c1ccc(C(=O)Cc2nc3ccccc3s2)cc1. The quantitative estimate of drug-likeness (QED) is 0.146. The molecule has 2 amide bonds. The number of para-hydroxylation sites is 1. The lowest BCUT2D eigenvalue weighted by Gasteiger charge is -2.23. The number of carbonyl (C=O) groups excluding carboxylic acids is 3. The van der Waals surface area contributed by atoms with Gasteiger partial charge in [-0.2, -0.15) is 0 Å². The molecule has 1 aliphatic rings. The first-order valence-electron chi connectivity index (χ1n) is 13.5. The molecule has 5 aromatic rings. The molecule has 1 fully saturated rings. The lowest BCUT2D eigenvalue weighted by Crippen LogP contribution is -2.36. The lowest BCUT2D eigenvalue weighted by atomic mass is 10.1. The standard InChI is InChI=1S/C33H25ClFN3O4S/c1-19-24(34)5-4-7-25(19)37-32(40)30-31(42-30)33(41)38(18-20-9-13-22(35)14-10-20)23-15-11-21(12-16-23)27(39)17-29-36-26-6-2-3-8-28(26)43-29/h2-16,30-31H,17-18H2,1H3,(H,37,40)/t30-,31-/m0/s1. The third kappa shape index (κ3) is 6.34. The molecule has 43 heavy (non-hydrogen) atoms. The summed E-state index contributed by atoms with van der Waals surface area (Å²) in [6.45, 7) is 1.89. The number of epoxide rings is 1. The zero-order valence-corrected chi connectivity index (χ0v) is 24.5. The van der Waals surface area contributed by atoms with Crippen LogP contribution >= 0.6 is 22.9 Å². The highest BCUT2D eigenvalue weighted by Gasteiger charge is 2.52. The van der Waals surface area contributed by atoms with Crippen molar-refractivity contribution < 1.29 is 23.5 Å². The third-order valence-electron chi connectivity index (χ3n) is 7.19. The van der Waals surface area contributed by atoms with Crippen LogP contribution in [0.2, 0.25) is 5.02 Å². The predicted octanol–water partition coefficient (Wildman–Crippen LogP) is 6.76. The molecule has 2 atom stereocenters. The number of aromatic nitrogens is 1. The van der Waals surface area contributed by atoms with Gasteiger partial charge in [-0.25, -0.2) is 9.37 Å². The van der Waals surface area contributed by atoms with Gasteiger partial charge in [-0.3, -0.25) is 14.4 Å². The second-order valence-electron chi connectivity index (χ2n) is 10.2. The minimum absolute atomic E-state index is 0.0967. The van der Waals surface area contributed by atoms with Gasteiger partial charge in [0.05, 0.1) is 23.2 Å². The number of Topliss-reactive ketones (excluding diaryl/α,β-unsaturated/α-hetero) is 1. The number of benzene rings is 4. The number of hydrogen-bond acceptors (Lipinski definition) is 6. The van der Waals surface area contributed by atoms with Gasteiger partial charge in [0, 0.05) is 22.0 Å². The molecule has 216 valence electrons. The van der Waals surface area contributed by atoms with Crippen LogP contribution < -0.4 is 10.2 Å². The fourth-order valence-corrected chi connectivity index (χ4v) is 5.87. The highest BCUT2D eigenvalue weighted by Crippen LogP contribution is 2.31. The molecule has 4 aromatic carbocycles. The van der Waals surface area contributed by atoms with Crippen LogP contribution in [0.25, 0.3) is 10.2 Å². The Morgan fingerprint density at radius 2 is 1.70 bits per heavy atom. The van der Waals surface area contributed by atoms with E-state index in [4.69, 9.17) is 16.3 Å². The van der Waals surface area contributed by atoms with E-state index in [2.05, 4.69) is 10.3 Å². The van der Waals surface area contributed by atoms with Gasteiger partial charge >= 0.3 is 0 Å². The monoisotopic (exact) mass is 613 g/mol. The summed E-state index contributed by atoms with van der Waals surface area (Å²) in [5.41, 5.74) is 3.77. The number of hydrogen-bond donors (Lipinski definition) is 1. The first-order chi connectivity index (χ1) is 20.8. The number of carbonyl (C=O) groups is 3. The Labute approximate surface area is 255 Å². The maximum atomic E-state index is 13.7. The molecule has 6 rings (SSSR count). The summed E-state index contributed by atoms with van der Waals surface area (Å²) in [5.74, 6) is -1.38. The molecule has 0 unspecified atom stereocenters. The van der Waals surface area contributed by atoms with Crippen LogP contribution in [0.1, 0.15) is 26.5 Å². The number of anilines is 2. The summed E-state index contributed by atoms with van der Waals surface area (Å²) in [4.78, 5) is 45.6. The fourth-order valence-electron chi connectivity index (χ4n) is 4.73. The smallest absolute Gasteiger partial charge is 0.259 e. The maximum absolute atomic E-state index is 13.7. The van der Waals surface area contributed by atoms with Crippen LogP contribution in [0.5, 0.6) is 0 Å². The summed E-state index contributed by atoms with van der Waals surface area (Å²) in [6, 6.07) is 25.4. The van der Waals surface area contributed by atoms with Crippen LogP contribution in [0.4, 0.5) is 15.8 Å². The Bertz CT molecular complexity index is 1810. The van der Waals surface area contributed by atoms with E-state index in [9.17, 15) is 18.8 Å². The predicted molar refractivity (Wildman–Crippen MR) is 165 cm³/mol. The van der Waals surface area contributed by atoms with Crippen LogP contribution in [-0.2, 0) is 27.3 Å². The van der Waals surface area contributed by atoms with Crippen molar-refractivity contribution in [2.75, 3.05) is 10.2 Å². The third-order valence-corrected chi connectivity index (χ3v) is 8.64. The molecule has 1 N–H and O–H groups in total. The molecule has 2 heterocycles. The molecule has 0 aliphatic carbocycles. The largest absolute Gasteiger partial charge is 0.349 e. The summed E-state index contributed by atoms with van der Waals surface area (Å²) in [5, 5.41) is 4.02. The zero-order chi connectivity index (χ0) is 30.1. The molecular formula is C33H25ClFN3O4S. The van der Waals surface area contributed by atoms with Crippen LogP contribution in [0.15, 0.2) is 91.0 Å². The topological polar surface area (TPSA) is 91.9 Å². The van der Waals surface area contributed by atoms with Gasteiger partial charge in [0.25, 0.3) is 11.8 Å². The number of ketones is 1. The Morgan fingerprint density at radius 1 is 0.953 bits per heavy atom. The van der Waals surface area contributed by atoms with E-state index in [-0.39, 0.29) is 18.7 Å². The lowest BCUT2D eigenvalue weighted by molar-refractivity contribution is -0.120. The second kappa shape index (κ2) is 12.0. The summed E-state index contributed by atoms with van der Waals surface area (Å²) in [7, 11) is 0. The van der Waals surface area contributed by atoms with Gasteiger partial charge < -0.3 is 15.0 Å². The number of ether oxygens (including phenoxy) is 1. The molecule has 0 saturated carbocycles. The maximum Gasteiger partial charge on any atom is 0.259 e. The van der Waals surface area contributed by atoms with E-state index in [1.165, 1.54) is 28.4 Å². The highest BCUT2D eigenvalue weighted by molar-refractivity contribution is 7.18. The van der Waals surface area contributed by atoms with Crippen molar-refractivity contribution in [2.45, 2.75) is 32.1 Å². The minimum Gasteiger partial charge on any atom is -0.349 e. The van der Waals surface area contributed by atoms with E-state index in [0.717, 1.165) is 15.2 Å². The average Bonchev–Trinajstić information content (AvgIpc) is 3.71. The highest BCUT2D eigenvalue weighted by atomic mass is 35.5. The number of nitrogens with one attached hydrogen (secondary N) is 1. The average molecular weight is 614 g/mol. The molecule has 0 spiro atoms. The second-order valence-corrected chi connectivity index (χ2v) is 11.7. The van der Waals surface area contributed by atoms with E-state index in [1.807, 2.05) is 24.3 Å². The molecular weight excluding hydrogens is 589 g/mol. The number of halogens is 2. The summed E-state index contributed by atoms with van der Waals surface area (Å²) in [6.07, 6.45) is -1.81. The first kappa shape index (κ1) is 28.7. The molecule has 1 aromatic heterocycles. The van der Waals surface area contributed by atoms with Crippen LogP contribution in [-0.4, -0.2) is 34.8 Å². The fraction of sp³-hybridized carbons (Fsp3) is 0.152. The Kier molecular flexibility index (Phi) is 8.03. The van der Waals surface area contributed by atoms with Crippen molar-refractivity contribution >= 4 is 62.1 Å². The van der Waals surface area contributed by atoms with E-state index in [0.29, 0.717) is 33.1 Å². The van der Waals surface area contributed by atoms with Crippen LogP contribution in [0.3, 0.4) is 0 Å². The van der Waals surface area contributed by atoms with Gasteiger partial charge in [0.1, 0.15) is 10.8 Å². The van der Waals surface area contributed by atoms with Gasteiger partial charge in [0.2, 0.25) is 0 Å². The first-order valence-corrected chi connectivity index (χ1v) is 14.7. The number of thiazole rings is 1. The van der Waals surface area contributed by atoms with Crippen molar-refractivity contribution in [3.63, 3.8) is 0 Å². The molecule has 1 aliphatic heterocycles. The summed E-state index contributed by atoms with van der Waals surface area (Å²) >= 11 is 7.65. The normalized spacial score (nSPS) is 15.7. The molecule has 10 heteroatoms. The van der Waals surface area contributed by atoms with E-state index in [1.54, 1.807) is 61.5 Å². The van der Waals surface area contributed by atoms with Crippen molar-refractivity contribution in [1.82, 2.24) is 4.98 Å². The van der Waals surface area contributed by atoms with Gasteiger partial charge in [-0.05, 0) is 78.7 Å².